The molecule has 0 saturated carbocycles. The van der Waals surface area contributed by atoms with Crippen LogP contribution in [-0.2, 0) is 14.8 Å². The quantitative estimate of drug-likeness (QED) is 0.605. The number of methoxy groups -OCH3 is 1. The van der Waals surface area contributed by atoms with E-state index in [1.54, 1.807) is 12.3 Å². The first-order valence-electron chi connectivity index (χ1n) is 6.76. The first-order valence-corrected chi connectivity index (χ1v) is 9.21. The minimum atomic E-state index is -3.50. The Labute approximate surface area is 140 Å². The Balaban J connectivity index is 2.74. The van der Waals surface area contributed by atoms with Crippen LogP contribution in [0.3, 0.4) is 0 Å². The summed E-state index contributed by atoms with van der Waals surface area (Å²) in [6, 6.07) is 1.62. The lowest BCUT2D eigenvalue weighted by atomic mass is 10.4. The van der Waals surface area contributed by atoms with E-state index in [4.69, 9.17) is 9.47 Å². The van der Waals surface area contributed by atoms with Gasteiger partial charge in [0.1, 0.15) is 5.69 Å². The van der Waals surface area contributed by atoms with Crippen molar-refractivity contribution in [1.82, 2.24) is 9.88 Å². The number of aromatic nitrogens is 1. The maximum Gasteiger partial charge on any atom is 0.238 e. The molecule has 126 valence electrons. The Hall–Kier alpha value is -0.900. The van der Waals surface area contributed by atoms with Crippen molar-refractivity contribution in [3.05, 3.63) is 16.7 Å². The van der Waals surface area contributed by atoms with Gasteiger partial charge in [-0.2, -0.15) is 0 Å². The molecule has 0 fully saturated rings. The molecule has 1 aromatic heterocycles. The fraction of sp³-hybridized carbons (Fsp3) is 0.615. The lowest BCUT2D eigenvalue weighted by Gasteiger charge is -2.14. The van der Waals surface area contributed by atoms with Crippen molar-refractivity contribution in [2.45, 2.75) is 6.42 Å². The summed E-state index contributed by atoms with van der Waals surface area (Å²) in [5, 5.41) is 0. The molecule has 0 spiro atoms. The highest BCUT2D eigenvalue weighted by Gasteiger charge is 2.15. The summed E-state index contributed by atoms with van der Waals surface area (Å²) in [6.07, 6.45) is 2.38. The number of anilines is 1. The second kappa shape index (κ2) is 9.29. The fourth-order valence-electron chi connectivity index (χ4n) is 1.58. The monoisotopic (exact) mass is 395 g/mol. The third-order valence-electron chi connectivity index (χ3n) is 2.63. The number of pyridine rings is 1. The van der Waals surface area contributed by atoms with Crippen molar-refractivity contribution < 1.29 is 17.9 Å². The van der Waals surface area contributed by atoms with Gasteiger partial charge in [0.25, 0.3) is 0 Å². The lowest BCUT2D eigenvalue weighted by Crippen LogP contribution is -2.21. The molecule has 0 unspecified atom stereocenters. The molecule has 0 aliphatic carbocycles. The van der Waals surface area contributed by atoms with Crippen molar-refractivity contribution in [3.8, 4) is 5.88 Å². The standard InChI is InChI=1S/C13H22BrN3O4S/c1-17(2)5-4-6-21-13-12(9-11(14)10-15-13)16-22(18,19)8-7-20-3/h9-10,16H,4-8H2,1-3H3. The molecule has 0 bridgehead atoms. The Bertz CT molecular complexity index is 566. The molecular formula is C13H22BrN3O4S. The first kappa shape index (κ1) is 19.1. The summed E-state index contributed by atoms with van der Waals surface area (Å²) in [7, 11) is 1.91. The van der Waals surface area contributed by atoms with E-state index in [0.29, 0.717) is 16.8 Å². The molecule has 0 aromatic carbocycles. The summed E-state index contributed by atoms with van der Waals surface area (Å²) in [5.74, 6) is 0.138. The average molecular weight is 396 g/mol. The second-order valence-corrected chi connectivity index (χ2v) is 7.68. The molecule has 1 N–H and O–H groups in total. The highest BCUT2D eigenvalue weighted by atomic mass is 79.9. The van der Waals surface area contributed by atoms with Crippen LogP contribution in [0.1, 0.15) is 6.42 Å². The Kier molecular flexibility index (Phi) is 8.08. The zero-order chi connectivity index (χ0) is 16.6. The van der Waals surface area contributed by atoms with Crippen LogP contribution in [-0.4, -0.2) is 65.0 Å². The SMILES string of the molecule is COCCS(=O)(=O)Nc1cc(Br)cnc1OCCCN(C)C. The van der Waals surface area contributed by atoms with Gasteiger partial charge in [0.15, 0.2) is 0 Å². The number of halogens is 1. The number of sulfonamides is 1. The number of nitrogens with zero attached hydrogens (tertiary/aromatic N) is 2. The molecular weight excluding hydrogens is 374 g/mol. The van der Waals surface area contributed by atoms with Crippen LogP contribution in [0.15, 0.2) is 16.7 Å². The molecule has 1 heterocycles. The third-order valence-corrected chi connectivity index (χ3v) is 4.30. The summed E-state index contributed by atoms with van der Waals surface area (Å²) in [5.41, 5.74) is 0.315. The first-order chi connectivity index (χ1) is 10.3. The predicted octanol–water partition coefficient (Wildman–Crippen LogP) is 1.56. The van der Waals surface area contributed by atoms with Gasteiger partial charge in [-0.25, -0.2) is 13.4 Å². The van der Waals surface area contributed by atoms with Crippen molar-refractivity contribution in [1.29, 1.82) is 0 Å². The molecule has 0 amide bonds. The summed E-state index contributed by atoms with van der Waals surface area (Å²) < 4.78 is 37.4. The molecule has 1 aromatic rings. The van der Waals surface area contributed by atoms with E-state index < -0.39 is 10.0 Å². The zero-order valence-corrected chi connectivity index (χ0v) is 15.4. The van der Waals surface area contributed by atoms with E-state index in [1.165, 1.54) is 7.11 Å². The largest absolute Gasteiger partial charge is 0.476 e. The second-order valence-electron chi connectivity index (χ2n) is 4.93. The maximum atomic E-state index is 11.9. The van der Waals surface area contributed by atoms with E-state index >= 15 is 0 Å². The highest BCUT2D eigenvalue weighted by molar-refractivity contribution is 9.10. The highest BCUT2D eigenvalue weighted by Crippen LogP contribution is 2.26. The molecule has 0 radical (unpaired) electrons. The zero-order valence-electron chi connectivity index (χ0n) is 13.0. The number of nitrogens with one attached hydrogen (secondary N) is 1. The van der Waals surface area contributed by atoms with Crippen LogP contribution >= 0.6 is 15.9 Å². The van der Waals surface area contributed by atoms with Gasteiger partial charge in [-0.15, -0.1) is 0 Å². The summed E-state index contributed by atoms with van der Waals surface area (Å²) >= 11 is 3.27. The van der Waals surface area contributed by atoms with Crippen LogP contribution in [0.5, 0.6) is 5.88 Å². The molecule has 1 rings (SSSR count). The van der Waals surface area contributed by atoms with Gasteiger partial charge in [-0.3, -0.25) is 4.72 Å². The molecule has 0 aliphatic rings. The van der Waals surface area contributed by atoms with Gasteiger partial charge < -0.3 is 14.4 Å². The predicted molar refractivity (Wildman–Crippen MR) is 89.9 cm³/mol. The Morgan fingerprint density at radius 3 is 2.73 bits per heavy atom. The van der Waals surface area contributed by atoms with Gasteiger partial charge in [0.05, 0.1) is 19.0 Å². The number of hydrogen-bond donors (Lipinski definition) is 1. The van der Waals surface area contributed by atoms with Gasteiger partial charge in [-0.05, 0) is 42.5 Å². The van der Waals surface area contributed by atoms with Crippen LogP contribution in [0.2, 0.25) is 0 Å². The molecule has 22 heavy (non-hydrogen) atoms. The van der Waals surface area contributed by atoms with E-state index in [-0.39, 0.29) is 18.2 Å². The Morgan fingerprint density at radius 2 is 2.09 bits per heavy atom. The smallest absolute Gasteiger partial charge is 0.238 e. The lowest BCUT2D eigenvalue weighted by molar-refractivity contribution is 0.217. The molecule has 7 nitrogen and oxygen atoms in total. The Morgan fingerprint density at radius 1 is 1.36 bits per heavy atom. The number of ether oxygens (including phenoxy) is 2. The molecule has 0 saturated heterocycles. The van der Waals surface area contributed by atoms with Gasteiger partial charge in [0, 0.05) is 24.3 Å². The maximum absolute atomic E-state index is 11.9. The third kappa shape index (κ3) is 7.39. The van der Waals surface area contributed by atoms with Crippen LogP contribution in [0.4, 0.5) is 5.69 Å². The summed E-state index contributed by atoms with van der Waals surface area (Å²) in [4.78, 5) is 6.17. The summed E-state index contributed by atoms with van der Waals surface area (Å²) in [6.45, 7) is 1.46. The van der Waals surface area contributed by atoms with Crippen LogP contribution < -0.4 is 9.46 Å². The molecule has 9 heteroatoms. The van der Waals surface area contributed by atoms with Crippen molar-refractivity contribution >= 4 is 31.6 Å². The number of hydrogen-bond acceptors (Lipinski definition) is 6. The van der Waals surface area contributed by atoms with E-state index in [0.717, 1.165) is 13.0 Å². The van der Waals surface area contributed by atoms with Gasteiger partial charge in [-0.1, -0.05) is 0 Å². The fourth-order valence-corrected chi connectivity index (χ4v) is 2.88. The topological polar surface area (TPSA) is 80.8 Å². The van der Waals surface area contributed by atoms with Gasteiger partial charge in [0.2, 0.25) is 15.9 Å². The van der Waals surface area contributed by atoms with Crippen LogP contribution in [0.25, 0.3) is 0 Å². The van der Waals surface area contributed by atoms with Crippen molar-refractivity contribution in [3.63, 3.8) is 0 Å². The van der Waals surface area contributed by atoms with E-state index in [1.807, 2.05) is 19.0 Å². The van der Waals surface area contributed by atoms with Crippen molar-refractivity contribution in [2.75, 3.05) is 51.4 Å². The van der Waals surface area contributed by atoms with E-state index in [2.05, 4.69) is 25.6 Å². The minimum Gasteiger partial charge on any atom is -0.476 e. The van der Waals surface area contributed by atoms with E-state index in [9.17, 15) is 8.42 Å². The molecule has 0 atom stereocenters. The number of rotatable bonds is 10. The van der Waals surface area contributed by atoms with Crippen LogP contribution in [0, 0.1) is 0 Å². The minimum absolute atomic E-state index is 0.121. The van der Waals surface area contributed by atoms with Crippen molar-refractivity contribution in [2.24, 2.45) is 0 Å². The normalized spacial score (nSPS) is 11.7. The average Bonchev–Trinajstić information content (AvgIpc) is 2.42. The van der Waals surface area contributed by atoms with Gasteiger partial charge >= 0.3 is 0 Å². The molecule has 0 aliphatic heterocycles.